The summed E-state index contributed by atoms with van der Waals surface area (Å²) in [6, 6.07) is 17.2. The Balaban J connectivity index is 1.46. The van der Waals surface area contributed by atoms with Gasteiger partial charge in [0.25, 0.3) is 0 Å². The first kappa shape index (κ1) is 21.1. The summed E-state index contributed by atoms with van der Waals surface area (Å²) in [4.78, 5) is 24.3. The van der Waals surface area contributed by atoms with Crippen LogP contribution in [0.3, 0.4) is 0 Å². The van der Waals surface area contributed by atoms with Crippen molar-refractivity contribution in [3.63, 3.8) is 0 Å². The monoisotopic (exact) mass is 420 g/mol. The van der Waals surface area contributed by atoms with Gasteiger partial charge in [-0.2, -0.15) is 0 Å². The third-order valence-electron chi connectivity index (χ3n) is 6.00. The van der Waals surface area contributed by atoms with Gasteiger partial charge in [-0.05, 0) is 42.9 Å². The van der Waals surface area contributed by atoms with Crippen molar-refractivity contribution in [2.45, 2.75) is 51.3 Å². The summed E-state index contributed by atoms with van der Waals surface area (Å²) in [5, 5.41) is 13.9. The lowest BCUT2D eigenvalue weighted by Gasteiger charge is -2.26. The molecule has 1 heterocycles. The highest BCUT2D eigenvalue weighted by Crippen LogP contribution is 2.35. The van der Waals surface area contributed by atoms with E-state index in [1.165, 1.54) is 0 Å². The van der Waals surface area contributed by atoms with Gasteiger partial charge in [0.2, 0.25) is 5.91 Å². The van der Waals surface area contributed by atoms with Crippen molar-refractivity contribution >= 4 is 22.8 Å². The molecule has 0 fully saturated rings. The summed E-state index contributed by atoms with van der Waals surface area (Å²) in [6.45, 7) is 2.34. The number of carboxylic acid groups (broad SMARTS) is 1. The van der Waals surface area contributed by atoms with E-state index in [1.807, 2.05) is 66.1 Å². The standard InChI is InChI=1S/C25H28N2O4/c1-2-21(25(29)30)27-22-11-7-6-10-19(22)20-14-18(12-13-23(20)27)26-24(28)16-31-15-17-8-4-3-5-9-17/h3-11,18,21H,2,12-16H2,1H3,(H,26,28)(H,29,30)/t18-,21?/m0/s1. The molecule has 2 aromatic carbocycles. The van der Waals surface area contributed by atoms with E-state index in [0.717, 1.165) is 40.6 Å². The van der Waals surface area contributed by atoms with Crippen molar-refractivity contribution in [2.24, 2.45) is 0 Å². The van der Waals surface area contributed by atoms with Crippen LogP contribution in [0.1, 0.15) is 42.6 Å². The zero-order chi connectivity index (χ0) is 21.8. The van der Waals surface area contributed by atoms with E-state index in [-0.39, 0.29) is 18.6 Å². The first-order valence-electron chi connectivity index (χ1n) is 10.8. The summed E-state index contributed by atoms with van der Waals surface area (Å²) in [5.74, 6) is -0.929. The Bertz CT molecular complexity index is 1070. The molecule has 6 heteroatoms. The highest BCUT2D eigenvalue weighted by molar-refractivity contribution is 5.88. The fraction of sp³-hybridized carbons (Fsp3) is 0.360. The number of carbonyl (C=O) groups excluding carboxylic acids is 1. The molecule has 3 aromatic rings. The molecule has 0 aliphatic heterocycles. The van der Waals surface area contributed by atoms with Crippen LogP contribution < -0.4 is 5.32 Å². The number of para-hydroxylation sites is 1. The Morgan fingerprint density at radius 1 is 1.16 bits per heavy atom. The summed E-state index contributed by atoms with van der Waals surface area (Å²) in [7, 11) is 0. The second-order valence-corrected chi connectivity index (χ2v) is 8.06. The fourth-order valence-corrected chi connectivity index (χ4v) is 4.60. The largest absolute Gasteiger partial charge is 0.480 e. The van der Waals surface area contributed by atoms with Gasteiger partial charge in [0, 0.05) is 22.6 Å². The van der Waals surface area contributed by atoms with Crippen LogP contribution in [0.5, 0.6) is 0 Å². The van der Waals surface area contributed by atoms with Gasteiger partial charge < -0.3 is 19.7 Å². The van der Waals surface area contributed by atoms with Gasteiger partial charge in [0.1, 0.15) is 12.6 Å². The maximum atomic E-state index is 12.4. The molecule has 1 aliphatic carbocycles. The molecule has 0 spiro atoms. The number of carbonyl (C=O) groups is 2. The molecule has 2 N–H and O–H groups in total. The van der Waals surface area contributed by atoms with Gasteiger partial charge in [0.15, 0.2) is 0 Å². The van der Waals surface area contributed by atoms with E-state index in [1.54, 1.807) is 0 Å². The second kappa shape index (κ2) is 9.35. The molecule has 2 atom stereocenters. The van der Waals surface area contributed by atoms with Crippen LogP contribution >= 0.6 is 0 Å². The molecule has 1 aliphatic rings. The van der Waals surface area contributed by atoms with E-state index in [4.69, 9.17) is 4.74 Å². The van der Waals surface area contributed by atoms with Crippen molar-refractivity contribution in [3.8, 4) is 0 Å². The van der Waals surface area contributed by atoms with Crippen molar-refractivity contribution < 1.29 is 19.4 Å². The van der Waals surface area contributed by atoms with Crippen LogP contribution in [0.4, 0.5) is 0 Å². The van der Waals surface area contributed by atoms with Crippen LogP contribution in [0.2, 0.25) is 0 Å². The number of fused-ring (bicyclic) bond motifs is 3. The second-order valence-electron chi connectivity index (χ2n) is 8.06. The molecule has 4 rings (SSSR count). The zero-order valence-electron chi connectivity index (χ0n) is 17.7. The average molecular weight is 421 g/mol. The molecule has 0 radical (unpaired) electrons. The van der Waals surface area contributed by atoms with E-state index < -0.39 is 12.0 Å². The number of hydrogen-bond donors (Lipinski definition) is 2. The quantitative estimate of drug-likeness (QED) is 0.580. The number of aromatic nitrogens is 1. The van der Waals surface area contributed by atoms with Crippen molar-refractivity contribution in [3.05, 3.63) is 71.4 Å². The molecule has 1 unspecified atom stereocenters. The lowest BCUT2D eigenvalue weighted by Crippen LogP contribution is -2.41. The summed E-state index contributed by atoms with van der Waals surface area (Å²) in [6.07, 6.45) is 2.75. The summed E-state index contributed by atoms with van der Waals surface area (Å²) < 4.78 is 7.55. The molecule has 1 amide bonds. The number of hydrogen-bond acceptors (Lipinski definition) is 3. The topological polar surface area (TPSA) is 80.6 Å². The first-order chi connectivity index (χ1) is 15.1. The fourth-order valence-electron chi connectivity index (χ4n) is 4.60. The van der Waals surface area contributed by atoms with Crippen LogP contribution in [0, 0.1) is 0 Å². The average Bonchev–Trinajstić information content (AvgIpc) is 3.09. The van der Waals surface area contributed by atoms with E-state index in [0.29, 0.717) is 19.4 Å². The van der Waals surface area contributed by atoms with E-state index in [2.05, 4.69) is 5.32 Å². The van der Waals surface area contributed by atoms with Gasteiger partial charge in [-0.15, -0.1) is 0 Å². The van der Waals surface area contributed by atoms with Crippen molar-refractivity contribution in [1.29, 1.82) is 0 Å². The number of carboxylic acids is 1. The van der Waals surface area contributed by atoms with Gasteiger partial charge in [-0.3, -0.25) is 4.79 Å². The number of aliphatic carboxylic acids is 1. The minimum Gasteiger partial charge on any atom is -0.480 e. The Morgan fingerprint density at radius 2 is 1.90 bits per heavy atom. The maximum Gasteiger partial charge on any atom is 0.326 e. The van der Waals surface area contributed by atoms with Crippen LogP contribution in [-0.4, -0.2) is 34.2 Å². The number of amides is 1. The Hall–Kier alpha value is -3.12. The SMILES string of the molecule is CCC(C(=O)O)n1c2c(c3ccccc31)C[C@@H](NC(=O)COCc1ccccc1)CC2. The van der Waals surface area contributed by atoms with Crippen LogP contribution in [0.15, 0.2) is 54.6 Å². The Morgan fingerprint density at radius 3 is 2.65 bits per heavy atom. The molecule has 162 valence electrons. The van der Waals surface area contributed by atoms with Crippen molar-refractivity contribution in [2.75, 3.05) is 6.61 Å². The van der Waals surface area contributed by atoms with Crippen LogP contribution in [-0.2, 0) is 33.8 Å². The normalized spacial score (nSPS) is 16.6. The maximum absolute atomic E-state index is 12.4. The predicted molar refractivity (Wildman–Crippen MR) is 119 cm³/mol. The zero-order valence-corrected chi connectivity index (χ0v) is 17.7. The van der Waals surface area contributed by atoms with Gasteiger partial charge >= 0.3 is 5.97 Å². The molecule has 31 heavy (non-hydrogen) atoms. The third-order valence-corrected chi connectivity index (χ3v) is 6.00. The Kier molecular flexibility index (Phi) is 6.37. The number of nitrogens with one attached hydrogen (secondary N) is 1. The predicted octanol–water partition coefficient (Wildman–Crippen LogP) is 3.87. The Labute approximate surface area is 181 Å². The number of benzene rings is 2. The summed E-state index contributed by atoms with van der Waals surface area (Å²) in [5.41, 5.74) is 4.23. The highest BCUT2D eigenvalue weighted by Gasteiger charge is 2.30. The number of nitrogens with zero attached hydrogens (tertiary/aromatic N) is 1. The van der Waals surface area contributed by atoms with E-state index >= 15 is 0 Å². The smallest absolute Gasteiger partial charge is 0.326 e. The van der Waals surface area contributed by atoms with Crippen LogP contribution in [0.25, 0.3) is 10.9 Å². The molecule has 6 nitrogen and oxygen atoms in total. The van der Waals surface area contributed by atoms with Gasteiger partial charge in [0.05, 0.1) is 6.61 Å². The highest BCUT2D eigenvalue weighted by atomic mass is 16.5. The molecule has 1 aromatic heterocycles. The number of ether oxygens (including phenoxy) is 1. The van der Waals surface area contributed by atoms with Gasteiger partial charge in [-0.25, -0.2) is 4.79 Å². The lowest BCUT2D eigenvalue weighted by atomic mass is 9.91. The van der Waals surface area contributed by atoms with Crippen molar-refractivity contribution in [1.82, 2.24) is 9.88 Å². The molecular formula is C25H28N2O4. The third kappa shape index (κ3) is 4.49. The number of rotatable bonds is 8. The minimum absolute atomic E-state index is 0.0180. The molecule has 0 saturated heterocycles. The lowest BCUT2D eigenvalue weighted by molar-refractivity contribution is -0.141. The summed E-state index contributed by atoms with van der Waals surface area (Å²) >= 11 is 0. The van der Waals surface area contributed by atoms with Gasteiger partial charge in [-0.1, -0.05) is 55.5 Å². The first-order valence-corrected chi connectivity index (χ1v) is 10.8. The molecular weight excluding hydrogens is 392 g/mol. The minimum atomic E-state index is -0.808. The molecule has 0 saturated carbocycles. The molecule has 0 bridgehead atoms. The van der Waals surface area contributed by atoms with E-state index in [9.17, 15) is 14.7 Å².